The molecule has 24 heavy (non-hydrogen) atoms. The summed E-state index contributed by atoms with van der Waals surface area (Å²) < 4.78 is 5.45. The molecule has 0 radical (unpaired) electrons. The maximum atomic E-state index is 12.2. The van der Waals surface area contributed by atoms with Crippen molar-refractivity contribution >= 4 is 22.9 Å². The van der Waals surface area contributed by atoms with Crippen LogP contribution in [0.3, 0.4) is 0 Å². The van der Waals surface area contributed by atoms with E-state index in [1.54, 1.807) is 4.90 Å². The van der Waals surface area contributed by atoms with E-state index in [2.05, 4.69) is 22.2 Å². The van der Waals surface area contributed by atoms with Crippen LogP contribution in [0.4, 0.5) is 10.7 Å². The number of hydrogen-bond acceptors (Lipinski definition) is 5. The molecule has 1 saturated heterocycles. The number of anilines is 1. The van der Waals surface area contributed by atoms with Crippen LogP contribution in [0.5, 0.6) is 0 Å². The van der Waals surface area contributed by atoms with Gasteiger partial charge < -0.3 is 15.0 Å². The zero-order valence-corrected chi connectivity index (χ0v) is 14.6. The Balaban J connectivity index is 1.67. The summed E-state index contributed by atoms with van der Waals surface area (Å²) in [4.78, 5) is 22.9. The predicted octanol–water partition coefficient (Wildman–Crippen LogP) is 3.30. The maximum absolute atomic E-state index is 12.2. The van der Waals surface area contributed by atoms with E-state index in [9.17, 15) is 4.79 Å². The van der Waals surface area contributed by atoms with Gasteiger partial charge in [0.05, 0.1) is 11.6 Å². The van der Waals surface area contributed by atoms with Crippen LogP contribution in [0.2, 0.25) is 0 Å². The Morgan fingerprint density at radius 3 is 2.79 bits per heavy atom. The van der Waals surface area contributed by atoms with Gasteiger partial charge in [-0.15, -0.1) is 0 Å². The smallest absolute Gasteiger partial charge is 0.410 e. The predicted molar refractivity (Wildman–Crippen MR) is 93.9 cm³/mol. The first-order valence-electron chi connectivity index (χ1n) is 8.28. The molecule has 1 amide bonds. The molecule has 0 unspecified atom stereocenters. The highest BCUT2D eigenvalue weighted by Gasteiger charge is 2.35. The summed E-state index contributed by atoms with van der Waals surface area (Å²) in [6, 6.07) is 7.99. The Hall–Kier alpha value is -2.37. The standard InChI is InChI=1S/C18H24N4O2/c1-12-10-22(17(23)24-18(2,3)4)11-15(12)21-16-19-9-13-7-5-6-8-14(13)20-16/h5-9,12,15H,10-11H2,1-4H3,(H,19,20,21)/t12-,15-/m0/s1. The molecule has 128 valence electrons. The van der Waals surface area contributed by atoms with E-state index in [0.717, 1.165) is 10.9 Å². The number of nitrogens with one attached hydrogen (secondary N) is 1. The first-order valence-corrected chi connectivity index (χ1v) is 8.28. The van der Waals surface area contributed by atoms with E-state index in [1.165, 1.54) is 0 Å². The quantitative estimate of drug-likeness (QED) is 0.916. The van der Waals surface area contributed by atoms with Gasteiger partial charge in [0, 0.05) is 24.7 Å². The van der Waals surface area contributed by atoms with Gasteiger partial charge in [0.1, 0.15) is 5.60 Å². The Bertz CT molecular complexity index is 741. The van der Waals surface area contributed by atoms with Gasteiger partial charge in [-0.2, -0.15) is 0 Å². The minimum atomic E-state index is -0.479. The lowest BCUT2D eigenvalue weighted by atomic mass is 10.1. The first kappa shape index (κ1) is 16.5. The highest BCUT2D eigenvalue weighted by Crippen LogP contribution is 2.22. The van der Waals surface area contributed by atoms with Crippen molar-refractivity contribution < 1.29 is 9.53 Å². The summed E-state index contributed by atoms with van der Waals surface area (Å²) in [6.07, 6.45) is 1.55. The third-order valence-corrected chi connectivity index (χ3v) is 4.07. The van der Waals surface area contributed by atoms with Crippen molar-refractivity contribution in [3.8, 4) is 0 Å². The number of nitrogens with zero attached hydrogens (tertiary/aromatic N) is 3. The number of ether oxygens (including phenoxy) is 1. The molecule has 1 aliphatic heterocycles. The van der Waals surface area contributed by atoms with Gasteiger partial charge in [0.2, 0.25) is 5.95 Å². The average Bonchev–Trinajstić information content (AvgIpc) is 2.87. The molecule has 2 aromatic rings. The van der Waals surface area contributed by atoms with Crippen LogP contribution < -0.4 is 5.32 Å². The lowest BCUT2D eigenvalue weighted by Gasteiger charge is -2.24. The third kappa shape index (κ3) is 3.75. The Labute approximate surface area is 142 Å². The summed E-state index contributed by atoms with van der Waals surface area (Å²) in [6.45, 7) is 9.00. The molecule has 1 N–H and O–H groups in total. The van der Waals surface area contributed by atoms with Crippen molar-refractivity contribution in [1.29, 1.82) is 0 Å². The van der Waals surface area contributed by atoms with E-state index in [0.29, 0.717) is 25.0 Å². The largest absolute Gasteiger partial charge is 0.444 e. The summed E-state index contributed by atoms with van der Waals surface area (Å²) in [7, 11) is 0. The first-order chi connectivity index (χ1) is 11.3. The third-order valence-electron chi connectivity index (χ3n) is 4.07. The van der Waals surface area contributed by atoms with Crippen LogP contribution in [0, 0.1) is 5.92 Å². The lowest BCUT2D eigenvalue weighted by molar-refractivity contribution is 0.0288. The van der Waals surface area contributed by atoms with Crippen LogP contribution in [0.15, 0.2) is 30.5 Å². The van der Waals surface area contributed by atoms with E-state index < -0.39 is 5.60 Å². The fourth-order valence-electron chi connectivity index (χ4n) is 2.84. The molecular weight excluding hydrogens is 304 g/mol. The van der Waals surface area contributed by atoms with Crippen molar-refractivity contribution in [2.75, 3.05) is 18.4 Å². The zero-order valence-electron chi connectivity index (χ0n) is 14.6. The molecule has 1 aromatic heterocycles. The van der Waals surface area contributed by atoms with Crippen molar-refractivity contribution in [3.05, 3.63) is 30.5 Å². The normalized spacial score (nSPS) is 21.1. The number of fused-ring (bicyclic) bond motifs is 1. The summed E-state index contributed by atoms with van der Waals surface area (Å²) >= 11 is 0. The maximum Gasteiger partial charge on any atom is 0.410 e. The van der Waals surface area contributed by atoms with Crippen LogP contribution in [0.25, 0.3) is 10.9 Å². The molecule has 2 atom stereocenters. The number of rotatable bonds is 2. The number of hydrogen-bond donors (Lipinski definition) is 1. The van der Waals surface area contributed by atoms with E-state index in [1.807, 2.05) is 51.2 Å². The van der Waals surface area contributed by atoms with Gasteiger partial charge in [-0.1, -0.05) is 25.1 Å². The number of para-hydroxylation sites is 1. The number of likely N-dealkylation sites (tertiary alicyclic amines) is 1. The Morgan fingerprint density at radius 1 is 1.29 bits per heavy atom. The Morgan fingerprint density at radius 2 is 2.04 bits per heavy atom. The van der Waals surface area contributed by atoms with Crippen LogP contribution in [0.1, 0.15) is 27.7 Å². The van der Waals surface area contributed by atoms with E-state index >= 15 is 0 Å². The molecule has 0 spiro atoms. The number of carbonyl (C=O) groups is 1. The van der Waals surface area contributed by atoms with E-state index in [-0.39, 0.29) is 12.1 Å². The topological polar surface area (TPSA) is 67.3 Å². The molecule has 1 aromatic carbocycles. The number of aromatic nitrogens is 2. The zero-order chi connectivity index (χ0) is 17.3. The van der Waals surface area contributed by atoms with Crippen LogP contribution in [-0.4, -0.2) is 45.7 Å². The summed E-state index contributed by atoms with van der Waals surface area (Å²) in [5.41, 5.74) is 0.428. The van der Waals surface area contributed by atoms with Crippen LogP contribution >= 0.6 is 0 Å². The molecule has 0 saturated carbocycles. The van der Waals surface area contributed by atoms with Gasteiger partial charge in [0.25, 0.3) is 0 Å². The Kier molecular flexibility index (Phi) is 4.30. The molecule has 1 aliphatic rings. The van der Waals surface area contributed by atoms with Crippen molar-refractivity contribution in [2.45, 2.75) is 39.3 Å². The van der Waals surface area contributed by atoms with Gasteiger partial charge in [-0.05, 0) is 32.8 Å². The molecular formula is C18H24N4O2. The summed E-state index contributed by atoms with van der Waals surface area (Å²) in [5, 5.41) is 4.37. The summed E-state index contributed by atoms with van der Waals surface area (Å²) in [5.74, 6) is 0.893. The van der Waals surface area contributed by atoms with Gasteiger partial charge in [-0.3, -0.25) is 0 Å². The minimum Gasteiger partial charge on any atom is -0.444 e. The molecule has 0 bridgehead atoms. The lowest BCUT2D eigenvalue weighted by Crippen LogP contribution is -2.36. The molecule has 2 heterocycles. The molecule has 1 fully saturated rings. The molecule has 6 heteroatoms. The second-order valence-electron chi connectivity index (χ2n) is 7.37. The average molecular weight is 328 g/mol. The number of carbonyl (C=O) groups excluding carboxylic acids is 1. The van der Waals surface area contributed by atoms with Crippen molar-refractivity contribution in [3.63, 3.8) is 0 Å². The number of benzene rings is 1. The van der Waals surface area contributed by atoms with Gasteiger partial charge in [-0.25, -0.2) is 14.8 Å². The molecule has 3 rings (SSSR count). The highest BCUT2D eigenvalue weighted by atomic mass is 16.6. The fraction of sp³-hybridized carbons (Fsp3) is 0.500. The second kappa shape index (κ2) is 6.26. The number of amides is 1. The monoisotopic (exact) mass is 328 g/mol. The van der Waals surface area contributed by atoms with Gasteiger partial charge in [0.15, 0.2) is 0 Å². The van der Waals surface area contributed by atoms with Crippen molar-refractivity contribution in [1.82, 2.24) is 14.9 Å². The molecule has 0 aliphatic carbocycles. The second-order valence-corrected chi connectivity index (χ2v) is 7.37. The van der Waals surface area contributed by atoms with Gasteiger partial charge >= 0.3 is 6.09 Å². The molecule has 6 nitrogen and oxygen atoms in total. The highest BCUT2D eigenvalue weighted by molar-refractivity contribution is 5.78. The van der Waals surface area contributed by atoms with E-state index in [4.69, 9.17) is 4.74 Å². The minimum absolute atomic E-state index is 0.110. The SMILES string of the molecule is C[C@H]1CN(C(=O)OC(C)(C)C)C[C@@H]1Nc1ncc2ccccc2n1. The fourth-order valence-corrected chi connectivity index (χ4v) is 2.84. The van der Waals surface area contributed by atoms with Crippen LogP contribution in [-0.2, 0) is 4.74 Å². The van der Waals surface area contributed by atoms with Crippen molar-refractivity contribution in [2.24, 2.45) is 5.92 Å².